The number of amides is 1. The van der Waals surface area contributed by atoms with Gasteiger partial charge in [-0.3, -0.25) is 4.79 Å². The number of benzene rings is 3. The van der Waals surface area contributed by atoms with Gasteiger partial charge in [-0.15, -0.1) is 0 Å². The summed E-state index contributed by atoms with van der Waals surface area (Å²) in [6.45, 7) is 1.86. The molecule has 0 radical (unpaired) electrons. The average molecular weight is 391 g/mol. The highest BCUT2D eigenvalue weighted by molar-refractivity contribution is 6.01. The number of aliphatic hydroxyl groups is 1. The summed E-state index contributed by atoms with van der Waals surface area (Å²) in [5, 5.41) is 11.8. The Morgan fingerprint density at radius 2 is 1.76 bits per heavy atom. The van der Waals surface area contributed by atoms with Crippen molar-refractivity contribution in [2.75, 3.05) is 12.0 Å². The van der Waals surface area contributed by atoms with Crippen LogP contribution in [0.15, 0.2) is 72.8 Å². The Morgan fingerprint density at radius 3 is 2.45 bits per heavy atom. The van der Waals surface area contributed by atoms with Crippen molar-refractivity contribution in [2.45, 2.75) is 25.2 Å². The van der Waals surface area contributed by atoms with Crippen LogP contribution in [0.4, 0.5) is 10.1 Å². The van der Waals surface area contributed by atoms with E-state index in [9.17, 15) is 14.3 Å². The van der Waals surface area contributed by atoms with E-state index in [0.29, 0.717) is 22.4 Å². The number of hydrogen-bond donors (Lipinski definition) is 1. The van der Waals surface area contributed by atoms with Crippen LogP contribution in [0.5, 0.6) is 0 Å². The zero-order valence-electron chi connectivity index (χ0n) is 16.3. The van der Waals surface area contributed by atoms with Crippen LogP contribution < -0.4 is 4.90 Å². The van der Waals surface area contributed by atoms with E-state index in [1.54, 1.807) is 54.6 Å². The first kappa shape index (κ1) is 19.3. The van der Waals surface area contributed by atoms with Gasteiger partial charge in [0.2, 0.25) is 0 Å². The van der Waals surface area contributed by atoms with Crippen LogP contribution in [-0.2, 0) is 21.7 Å². The molecule has 4 rings (SSSR count). The summed E-state index contributed by atoms with van der Waals surface area (Å²) < 4.78 is 20.0. The van der Waals surface area contributed by atoms with Crippen LogP contribution in [-0.4, -0.2) is 24.2 Å². The summed E-state index contributed by atoms with van der Waals surface area (Å²) in [4.78, 5) is 14.9. The fraction of sp³-hybridized carbons (Fsp3) is 0.208. The maximum absolute atomic E-state index is 14.5. The van der Waals surface area contributed by atoms with Gasteiger partial charge in [-0.05, 0) is 30.2 Å². The number of rotatable bonds is 4. The van der Waals surface area contributed by atoms with Crippen molar-refractivity contribution in [3.05, 3.63) is 101 Å². The van der Waals surface area contributed by atoms with Crippen molar-refractivity contribution < 1.29 is 19.0 Å². The summed E-state index contributed by atoms with van der Waals surface area (Å²) in [6, 6.07) is 21.1. The first-order chi connectivity index (χ1) is 14.0. The third kappa shape index (κ3) is 3.12. The number of carbonyl (C=O) groups is 1. The predicted molar refractivity (Wildman–Crippen MR) is 109 cm³/mol. The maximum atomic E-state index is 14.5. The average Bonchev–Trinajstić information content (AvgIpc) is 2.73. The molecule has 2 atom stereocenters. The van der Waals surface area contributed by atoms with Crippen LogP contribution in [0.2, 0.25) is 0 Å². The van der Waals surface area contributed by atoms with Crippen LogP contribution in [0, 0.1) is 12.7 Å². The second-order valence-electron chi connectivity index (χ2n) is 7.28. The van der Waals surface area contributed by atoms with Gasteiger partial charge in [-0.1, -0.05) is 60.7 Å². The highest BCUT2D eigenvalue weighted by atomic mass is 19.1. The fourth-order valence-corrected chi connectivity index (χ4v) is 4.00. The van der Waals surface area contributed by atoms with Crippen molar-refractivity contribution in [2.24, 2.45) is 0 Å². The van der Waals surface area contributed by atoms with Gasteiger partial charge in [0.25, 0.3) is 5.91 Å². The van der Waals surface area contributed by atoms with Gasteiger partial charge in [-0.2, -0.15) is 0 Å². The smallest absolute Gasteiger partial charge is 0.260 e. The summed E-state index contributed by atoms with van der Waals surface area (Å²) in [5.74, 6) is -0.786. The van der Waals surface area contributed by atoms with Gasteiger partial charge in [-0.25, -0.2) is 4.39 Å². The fourth-order valence-electron chi connectivity index (χ4n) is 4.00. The molecule has 1 amide bonds. The van der Waals surface area contributed by atoms with Gasteiger partial charge in [0.15, 0.2) is 11.7 Å². The molecule has 2 unspecified atom stereocenters. The Kier molecular flexibility index (Phi) is 4.94. The van der Waals surface area contributed by atoms with E-state index in [4.69, 9.17) is 4.74 Å². The van der Waals surface area contributed by atoms with Gasteiger partial charge >= 0.3 is 0 Å². The zero-order chi connectivity index (χ0) is 20.6. The Morgan fingerprint density at radius 1 is 1.07 bits per heavy atom. The molecule has 3 aromatic carbocycles. The molecular weight excluding hydrogens is 369 g/mol. The Balaban J connectivity index is 1.87. The number of carbonyl (C=O) groups excluding carboxylic acids is 1. The van der Waals surface area contributed by atoms with E-state index in [1.807, 2.05) is 19.1 Å². The first-order valence-corrected chi connectivity index (χ1v) is 9.43. The molecule has 4 nitrogen and oxygen atoms in total. The molecule has 0 aliphatic carbocycles. The third-order valence-corrected chi connectivity index (χ3v) is 5.46. The van der Waals surface area contributed by atoms with E-state index < -0.39 is 17.6 Å². The first-order valence-electron chi connectivity index (χ1n) is 9.43. The molecule has 148 valence electrons. The molecule has 0 saturated carbocycles. The Hall–Kier alpha value is -3.02. The second kappa shape index (κ2) is 7.43. The molecule has 1 heterocycles. The topological polar surface area (TPSA) is 49.8 Å². The SMILES string of the molecule is COC1C(=O)N(Cc2ccc(C)cc2F)c2ccccc2C1(O)c1ccccc1. The Labute approximate surface area is 169 Å². The molecule has 0 spiro atoms. The molecular formula is C24H22FNO3. The minimum Gasteiger partial charge on any atom is -0.377 e. The van der Waals surface area contributed by atoms with E-state index in [-0.39, 0.29) is 12.4 Å². The number of hydrogen-bond acceptors (Lipinski definition) is 3. The molecule has 5 heteroatoms. The van der Waals surface area contributed by atoms with Crippen LogP contribution in [0.1, 0.15) is 22.3 Å². The monoisotopic (exact) mass is 391 g/mol. The standard InChI is InChI=1S/C24H22FNO3/c1-16-12-13-17(20(25)14-16)15-26-21-11-7-6-10-19(21)24(28,22(29-2)23(26)27)18-8-4-3-5-9-18/h3-14,22,28H,15H2,1-2H3. The van der Waals surface area contributed by atoms with Crippen LogP contribution in [0.3, 0.4) is 0 Å². The number of fused-ring (bicyclic) bond motifs is 1. The summed E-state index contributed by atoms with van der Waals surface area (Å²) in [6.07, 6.45) is -1.16. The summed E-state index contributed by atoms with van der Waals surface area (Å²) >= 11 is 0. The summed E-state index contributed by atoms with van der Waals surface area (Å²) in [7, 11) is 1.40. The van der Waals surface area contributed by atoms with Crippen LogP contribution >= 0.6 is 0 Å². The largest absolute Gasteiger partial charge is 0.377 e. The van der Waals surface area contributed by atoms with E-state index in [2.05, 4.69) is 0 Å². The molecule has 1 aliphatic rings. The predicted octanol–water partition coefficient (Wildman–Crippen LogP) is 3.93. The minimum atomic E-state index is -1.65. The van der Waals surface area contributed by atoms with Crippen molar-refractivity contribution in [3.8, 4) is 0 Å². The van der Waals surface area contributed by atoms with Gasteiger partial charge in [0, 0.05) is 18.2 Å². The van der Waals surface area contributed by atoms with Gasteiger partial charge < -0.3 is 14.7 Å². The Bertz CT molecular complexity index is 1050. The lowest BCUT2D eigenvalue weighted by atomic mass is 9.77. The number of para-hydroxylation sites is 1. The van der Waals surface area contributed by atoms with E-state index in [0.717, 1.165) is 5.56 Å². The van der Waals surface area contributed by atoms with Crippen molar-refractivity contribution in [1.29, 1.82) is 0 Å². The highest BCUT2D eigenvalue weighted by Crippen LogP contribution is 2.44. The molecule has 0 aromatic heterocycles. The number of aryl methyl sites for hydroxylation is 1. The van der Waals surface area contributed by atoms with Gasteiger partial charge in [0.1, 0.15) is 5.82 Å². The molecule has 3 aromatic rings. The minimum absolute atomic E-state index is 0.0483. The molecule has 0 saturated heterocycles. The third-order valence-electron chi connectivity index (χ3n) is 5.46. The lowest BCUT2D eigenvalue weighted by molar-refractivity contribution is -0.145. The number of ether oxygens (including phenoxy) is 1. The lowest BCUT2D eigenvalue weighted by Crippen LogP contribution is -2.57. The normalized spacial score (nSPS) is 21.2. The quantitative estimate of drug-likeness (QED) is 0.733. The van der Waals surface area contributed by atoms with Crippen molar-refractivity contribution in [1.82, 2.24) is 0 Å². The van der Waals surface area contributed by atoms with E-state index in [1.165, 1.54) is 18.1 Å². The van der Waals surface area contributed by atoms with Crippen LogP contribution in [0.25, 0.3) is 0 Å². The number of methoxy groups -OCH3 is 1. The number of nitrogens with zero attached hydrogens (tertiary/aromatic N) is 1. The molecule has 1 N–H and O–H groups in total. The number of anilines is 1. The molecule has 0 fully saturated rings. The highest BCUT2D eigenvalue weighted by Gasteiger charge is 2.52. The van der Waals surface area contributed by atoms with Crippen molar-refractivity contribution >= 4 is 11.6 Å². The zero-order valence-corrected chi connectivity index (χ0v) is 16.3. The second-order valence-corrected chi connectivity index (χ2v) is 7.28. The van der Waals surface area contributed by atoms with Gasteiger partial charge in [0.05, 0.1) is 12.2 Å². The summed E-state index contributed by atoms with van der Waals surface area (Å²) in [5.41, 5.74) is 1.21. The maximum Gasteiger partial charge on any atom is 0.260 e. The number of halogens is 1. The van der Waals surface area contributed by atoms with Crippen molar-refractivity contribution in [3.63, 3.8) is 0 Å². The van der Waals surface area contributed by atoms with E-state index >= 15 is 0 Å². The molecule has 29 heavy (non-hydrogen) atoms. The molecule has 1 aliphatic heterocycles. The molecule has 0 bridgehead atoms. The lowest BCUT2D eigenvalue weighted by Gasteiger charge is -2.44.